The van der Waals surface area contributed by atoms with Crippen LogP contribution >= 0.6 is 0 Å². The van der Waals surface area contributed by atoms with Gasteiger partial charge in [0, 0.05) is 0 Å². The monoisotopic (exact) mass is 306 g/mol. The zero-order chi connectivity index (χ0) is 16.5. The summed E-state index contributed by atoms with van der Waals surface area (Å²) in [5.41, 5.74) is 0.999. The summed E-state index contributed by atoms with van der Waals surface area (Å²) in [6.07, 6.45) is 0.603. The first-order chi connectivity index (χ1) is 10.5. The highest BCUT2D eigenvalue weighted by Gasteiger charge is 2.22. The van der Waals surface area contributed by atoms with Crippen LogP contribution in [0.25, 0.3) is 0 Å². The van der Waals surface area contributed by atoms with E-state index in [0.29, 0.717) is 0 Å². The van der Waals surface area contributed by atoms with E-state index in [4.69, 9.17) is 0 Å². The van der Waals surface area contributed by atoms with E-state index in [1.807, 2.05) is 51.1 Å². The third kappa shape index (κ3) is 5.85. The van der Waals surface area contributed by atoms with Gasteiger partial charge in [0.2, 0.25) is 11.8 Å². The lowest BCUT2D eigenvalue weighted by Gasteiger charge is -2.18. The Morgan fingerprint density at radius 3 is 2.41 bits per heavy atom. The first-order valence-corrected chi connectivity index (χ1v) is 7.75. The first-order valence-electron chi connectivity index (χ1n) is 7.75. The van der Waals surface area contributed by atoms with Crippen molar-refractivity contribution in [3.8, 4) is 0 Å². The normalized spacial score (nSPS) is 14.7. The maximum absolute atomic E-state index is 11.8. The van der Waals surface area contributed by atoms with Crippen LogP contribution in [0.2, 0.25) is 0 Å². The molecular weight excluding hydrogens is 280 g/mol. The predicted molar refractivity (Wildman–Crippen MR) is 86.1 cm³/mol. The minimum absolute atomic E-state index is 0.115. The molecule has 0 spiro atoms. The van der Waals surface area contributed by atoms with Crippen LogP contribution in [0.15, 0.2) is 30.3 Å². The third-order valence-corrected chi connectivity index (χ3v) is 3.65. The van der Waals surface area contributed by atoms with E-state index in [2.05, 4.69) is 10.6 Å². The zero-order valence-corrected chi connectivity index (χ0v) is 13.5. The molecule has 2 amide bonds. The molecule has 5 heteroatoms. The first kappa shape index (κ1) is 18.2. The summed E-state index contributed by atoms with van der Waals surface area (Å²) in [5, 5.41) is 15.1. The average Bonchev–Trinajstić information content (AvgIpc) is 2.52. The van der Waals surface area contributed by atoms with Crippen LogP contribution in [-0.2, 0) is 9.59 Å². The number of carbonyl (C=O) groups excluding carboxylic acids is 2. The standard InChI is InChI=1S/C17H26N2O3/c1-4-8-12(2)16(21)17(22)18-11-15(20)19-13(3)14-9-6-5-7-10-14/h5-7,9-10,12-13,16,21H,4,8,11H2,1-3H3,(H,18,22)(H,19,20). The fraction of sp³-hybridized carbons (Fsp3) is 0.529. The van der Waals surface area contributed by atoms with Crippen molar-refractivity contribution < 1.29 is 14.7 Å². The van der Waals surface area contributed by atoms with Gasteiger partial charge in [-0.3, -0.25) is 9.59 Å². The maximum Gasteiger partial charge on any atom is 0.249 e. The average molecular weight is 306 g/mol. The summed E-state index contributed by atoms with van der Waals surface area (Å²) < 4.78 is 0. The molecule has 1 rings (SSSR count). The number of hydrogen-bond donors (Lipinski definition) is 3. The van der Waals surface area contributed by atoms with Gasteiger partial charge in [0.25, 0.3) is 0 Å². The summed E-state index contributed by atoms with van der Waals surface area (Å²) in [6, 6.07) is 9.46. The van der Waals surface area contributed by atoms with Gasteiger partial charge in [-0.25, -0.2) is 0 Å². The molecule has 0 fully saturated rings. The molecule has 0 aliphatic carbocycles. The summed E-state index contributed by atoms with van der Waals surface area (Å²) in [5.74, 6) is -0.889. The van der Waals surface area contributed by atoms with E-state index in [-0.39, 0.29) is 24.4 Å². The van der Waals surface area contributed by atoms with Crippen molar-refractivity contribution in [3.63, 3.8) is 0 Å². The number of amides is 2. The van der Waals surface area contributed by atoms with Crippen LogP contribution in [0.5, 0.6) is 0 Å². The minimum Gasteiger partial charge on any atom is -0.383 e. The van der Waals surface area contributed by atoms with Crippen molar-refractivity contribution in [2.45, 2.75) is 45.8 Å². The SMILES string of the molecule is CCCC(C)C(O)C(=O)NCC(=O)NC(C)c1ccccc1. The fourth-order valence-corrected chi connectivity index (χ4v) is 2.26. The smallest absolute Gasteiger partial charge is 0.249 e. The van der Waals surface area contributed by atoms with Crippen LogP contribution < -0.4 is 10.6 Å². The Labute approximate surface area is 132 Å². The molecule has 0 saturated carbocycles. The van der Waals surface area contributed by atoms with Gasteiger partial charge in [0.05, 0.1) is 12.6 Å². The molecule has 0 heterocycles. The van der Waals surface area contributed by atoms with Crippen molar-refractivity contribution in [1.29, 1.82) is 0 Å². The Hall–Kier alpha value is -1.88. The van der Waals surface area contributed by atoms with E-state index >= 15 is 0 Å². The van der Waals surface area contributed by atoms with E-state index in [1.165, 1.54) is 0 Å². The van der Waals surface area contributed by atoms with E-state index in [1.54, 1.807) is 0 Å². The Balaban J connectivity index is 2.38. The number of carbonyl (C=O) groups is 2. The second-order valence-electron chi connectivity index (χ2n) is 5.63. The van der Waals surface area contributed by atoms with Crippen molar-refractivity contribution in [2.24, 2.45) is 5.92 Å². The molecule has 3 unspecified atom stereocenters. The summed E-state index contributed by atoms with van der Waals surface area (Å²) in [6.45, 7) is 5.57. The Kier molecular flexibility index (Phi) is 7.60. The van der Waals surface area contributed by atoms with Gasteiger partial charge in [0.15, 0.2) is 0 Å². The van der Waals surface area contributed by atoms with Crippen LogP contribution in [0.1, 0.15) is 45.2 Å². The molecule has 0 aromatic heterocycles. The lowest BCUT2D eigenvalue weighted by molar-refractivity contribution is -0.134. The van der Waals surface area contributed by atoms with Crippen molar-refractivity contribution in [3.05, 3.63) is 35.9 Å². The van der Waals surface area contributed by atoms with Gasteiger partial charge >= 0.3 is 0 Å². The zero-order valence-electron chi connectivity index (χ0n) is 13.5. The fourth-order valence-electron chi connectivity index (χ4n) is 2.26. The number of rotatable bonds is 8. The van der Waals surface area contributed by atoms with E-state index in [0.717, 1.165) is 18.4 Å². The second kappa shape index (κ2) is 9.20. The largest absolute Gasteiger partial charge is 0.383 e. The molecule has 3 N–H and O–H groups in total. The molecule has 0 bridgehead atoms. The molecule has 0 aliphatic rings. The van der Waals surface area contributed by atoms with Crippen LogP contribution in [-0.4, -0.2) is 29.6 Å². The van der Waals surface area contributed by atoms with Crippen LogP contribution in [0.4, 0.5) is 0 Å². The molecule has 3 atom stereocenters. The van der Waals surface area contributed by atoms with Gasteiger partial charge in [-0.05, 0) is 24.8 Å². The molecule has 0 aliphatic heterocycles. The van der Waals surface area contributed by atoms with Crippen molar-refractivity contribution >= 4 is 11.8 Å². The number of hydrogen-bond acceptors (Lipinski definition) is 3. The molecule has 1 aromatic carbocycles. The quantitative estimate of drug-likeness (QED) is 0.685. The van der Waals surface area contributed by atoms with Crippen molar-refractivity contribution in [1.82, 2.24) is 10.6 Å². The predicted octanol–water partition coefficient (Wildman–Crippen LogP) is 1.78. The Morgan fingerprint density at radius 2 is 1.82 bits per heavy atom. The highest BCUT2D eigenvalue weighted by Crippen LogP contribution is 2.11. The molecular formula is C17H26N2O3. The highest BCUT2D eigenvalue weighted by molar-refractivity contribution is 5.87. The maximum atomic E-state index is 11.8. The molecule has 1 aromatic rings. The van der Waals surface area contributed by atoms with Crippen molar-refractivity contribution in [2.75, 3.05) is 6.54 Å². The molecule has 0 radical (unpaired) electrons. The number of aliphatic hydroxyl groups is 1. The van der Waals surface area contributed by atoms with Gasteiger partial charge < -0.3 is 15.7 Å². The summed E-state index contributed by atoms with van der Waals surface area (Å²) in [4.78, 5) is 23.6. The lowest BCUT2D eigenvalue weighted by Crippen LogP contribution is -2.44. The Bertz CT molecular complexity index is 476. The Morgan fingerprint density at radius 1 is 1.18 bits per heavy atom. The summed E-state index contributed by atoms with van der Waals surface area (Å²) >= 11 is 0. The van der Waals surface area contributed by atoms with Crippen LogP contribution in [0, 0.1) is 5.92 Å². The molecule has 0 saturated heterocycles. The summed E-state index contributed by atoms with van der Waals surface area (Å²) in [7, 11) is 0. The molecule has 5 nitrogen and oxygen atoms in total. The van der Waals surface area contributed by atoms with Gasteiger partial charge in [-0.1, -0.05) is 50.6 Å². The van der Waals surface area contributed by atoms with E-state index in [9.17, 15) is 14.7 Å². The number of aliphatic hydroxyl groups excluding tert-OH is 1. The third-order valence-electron chi connectivity index (χ3n) is 3.65. The van der Waals surface area contributed by atoms with Gasteiger partial charge in [-0.15, -0.1) is 0 Å². The molecule has 22 heavy (non-hydrogen) atoms. The van der Waals surface area contributed by atoms with Gasteiger partial charge in [-0.2, -0.15) is 0 Å². The van der Waals surface area contributed by atoms with Gasteiger partial charge in [0.1, 0.15) is 6.10 Å². The minimum atomic E-state index is -1.07. The second-order valence-corrected chi connectivity index (χ2v) is 5.63. The highest BCUT2D eigenvalue weighted by atomic mass is 16.3. The lowest BCUT2D eigenvalue weighted by atomic mass is 9.99. The topological polar surface area (TPSA) is 78.4 Å². The van der Waals surface area contributed by atoms with E-state index < -0.39 is 12.0 Å². The number of benzene rings is 1. The number of nitrogens with one attached hydrogen (secondary N) is 2. The molecule has 122 valence electrons. The van der Waals surface area contributed by atoms with Crippen LogP contribution in [0.3, 0.4) is 0 Å².